The monoisotopic (exact) mass is 317 g/mol. The maximum absolute atomic E-state index is 12.3. The van der Waals surface area contributed by atoms with Gasteiger partial charge in [-0.25, -0.2) is 4.79 Å². The number of nitrogens with zero attached hydrogens (tertiary/aromatic N) is 2. The number of rotatable bonds is 3. The first-order valence-corrected chi connectivity index (χ1v) is 8.04. The molecule has 7 nitrogen and oxygen atoms in total. The minimum absolute atomic E-state index is 0.129. The van der Waals surface area contributed by atoms with Crippen molar-refractivity contribution < 1.29 is 9.59 Å². The van der Waals surface area contributed by atoms with Gasteiger partial charge < -0.3 is 21.3 Å². The fraction of sp³-hybridized carbons (Fsp3) is 0.500. The van der Waals surface area contributed by atoms with Crippen LogP contribution in [0, 0.1) is 0 Å². The van der Waals surface area contributed by atoms with Crippen molar-refractivity contribution in [2.75, 3.05) is 44.6 Å². The molecule has 1 atom stereocenters. The number of hydrogen-bond donors (Lipinski definition) is 3. The molecule has 1 aromatic rings. The topological polar surface area (TPSA) is 90.7 Å². The largest absolute Gasteiger partial charge is 0.366 e. The van der Waals surface area contributed by atoms with Gasteiger partial charge in [0.25, 0.3) is 0 Å². The van der Waals surface area contributed by atoms with Crippen LogP contribution in [-0.2, 0) is 0 Å². The molecule has 3 rings (SSSR count). The predicted molar refractivity (Wildman–Crippen MR) is 88.4 cm³/mol. The Bertz CT molecular complexity index is 578. The molecule has 2 aliphatic heterocycles. The molecule has 1 unspecified atom stereocenters. The molecule has 0 radical (unpaired) electrons. The van der Waals surface area contributed by atoms with Crippen molar-refractivity contribution >= 4 is 17.6 Å². The quantitative estimate of drug-likeness (QED) is 0.748. The van der Waals surface area contributed by atoms with E-state index in [1.54, 1.807) is 24.3 Å². The second kappa shape index (κ2) is 6.97. The molecular weight excluding hydrogens is 294 g/mol. The molecule has 0 bridgehead atoms. The number of carbonyl (C=O) groups excluding carboxylic acids is 2. The highest BCUT2D eigenvalue weighted by Crippen LogP contribution is 2.14. The first kappa shape index (κ1) is 15.8. The van der Waals surface area contributed by atoms with Crippen LogP contribution in [0.5, 0.6) is 0 Å². The lowest BCUT2D eigenvalue weighted by atomic mass is 10.2. The molecule has 1 aromatic carbocycles. The highest BCUT2D eigenvalue weighted by molar-refractivity contribution is 5.95. The maximum atomic E-state index is 12.3. The molecule has 0 aromatic heterocycles. The van der Waals surface area contributed by atoms with Crippen molar-refractivity contribution in [2.24, 2.45) is 5.73 Å². The van der Waals surface area contributed by atoms with Crippen molar-refractivity contribution in [3.8, 4) is 0 Å². The third kappa shape index (κ3) is 3.80. The molecule has 2 fully saturated rings. The van der Waals surface area contributed by atoms with Gasteiger partial charge in [0.1, 0.15) is 0 Å². The summed E-state index contributed by atoms with van der Waals surface area (Å²) in [6.45, 7) is 5.38. The fourth-order valence-corrected chi connectivity index (χ4v) is 3.19. The summed E-state index contributed by atoms with van der Waals surface area (Å²) in [6.07, 6.45) is 1.19. The lowest BCUT2D eigenvalue weighted by molar-refractivity contribution is 0.1000. The molecular formula is C16H23N5O2. The second-order valence-electron chi connectivity index (χ2n) is 6.04. The van der Waals surface area contributed by atoms with Gasteiger partial charge in [0.2, 0.25) is 5.91 Å². The summed E-state index contributed by atoms with van der Waals surface area (Å²) in [5.74, 6) is -0.500. The summed E-state index contributed by atoms with van der Waals surface area (Å²) < 4.78 is 0. The number of benzene rings is 1. The Morgan fingerprint density at radius 1 is 1.22 bits per heavy atom. The third-order valence-electron chi connectivity index (χ3n) is 4.55. The Morgan fingerprint density at radius 3 is 2.65 bits per heavy atom. The SMILES string of the molecule is NC(=O)c1cccc(NC(=O)N2CCN(C3CCNC3)CC2)c1. The summed E-state index contributed by atoms with van der Waals surface area (Å²) in [5, 5.41) is 6.22. The van der Waals surface area contributed by atoms with E-state index in [0.717, 1.165) is 39.3 Å². The molecule has 4 N–H and O–H groups in total. The molecule has 0 aliphatic carbocycles. The molecule has 2 heterocycles. The fourth-order valence-electron chi connectivity index (χ4n) is 3.19. The number of carbonyl (C=O) groups is 2. The lowest BCUT2D eigenvalue weighted by Gasteiger charge is -2.37. The van der Waals surface area contributed by atoms with Crippen molar-refractivity contribution in [3.05, 3.63) is 29.8 Å². The Morgan fingerprint density at radius 2 is 2.00 bits per heavy atom. The van der Waals surface area contributed by atoms with Gasteiger partial charge in [-0.05, 0) is 31.2 Å². The highest BCUT2D eigenvalue weighted by Gasteiger charge is 2.27. The minimum atomic E-state index is -0.500. The summed E-state index contributed by atoms with van der Waals surface area (Å²) in [4.78, 5) is 27.8. The van der Waals surface area contributed by atoms with Crippen LogP contribution >= 0.6 is 0 Å². The van der Waals surface area contributed by atoms with Gasteiger partial charge in [0.05, 0.1) is 0 Å². The molecule has 124 valence electrons. The number of anilines is 1. The Hall–Kier alpha value is -2.12. The normalized spacial score (nSPS) is 22.1. The number of piperazine rings is 1. The number of urea groups is 1. The van der Waals surface area contributed by atoms with Gasteiger partial charge in [-0.15, -0.1) is 0 Å². The van der Waals surface area contributed by atoms with Gasteiger partial charge in [-0.1, -0.05) is 6.07 Å². The van der Waals surface area contributed by atoms with E-state index in [4.69, 9.17) is 5.73 Å². The Labute approximate surface area is 135 Å². The second-order valence-corrected chi connectivity index (χ2v) is 6.04. The van der Waals surface area contributed by atoms with Crippen LogP contribution in [0.15, 0.2) is 24.3 Å². The number of hydrogen-bond acceptors (Lipinski definition) is 4. The average molecular weight is 317 g/mol. The van der Waals surface area contributed by atoms with Crippen LogP contribution in [0.1, 0.15) is 16.8 Å². The van der Waals surface area contributed by atoms with Crippen LogP contribution in [0.25, 0.3) is 0 Å². The Kier molecular flexibility index (Phi) is 4.78. The van der Waals surface area contributed by atoms with Crippen LogP contribution in [0.4, 0.5) is 10.5 Å². The van der Waals surface area contributed by atoms with E-state index in [1.165, 1.54) is 6.42 Å². The molecule has 23 heavy (non-hydrogen) atoms. The minimum Gasteiger partial charge on any atom is -0.366 e. The van der Waals surface area contributed by atoms with E-state index < -0.39 is 5.91 Å². The summed E-state index contributed by atoms with van der Waals surface area (Å²) >= 11 is 0. The average Bonchev–Trinajstić information content (AvgIpc) is 3.09. The van der Waals surface area contributed by atoms with Crippen molar-refractivity contribution in [1.82, 2.24) is 15.1 Å². The zero-order valence-electron chi connectivity index (χ0n) is 13.1. The zero-order chi connectivity index (χ0) is 16.2. The molecule has 0 spiro atoms. The standard InChI is InChI=1S/C16H23N5O2/c17-15(22)12-2-1-3-13(10-12)19-16(23)21-8-6-20(7-9-21)14-4-5-18-11-14/h1-3,10,14,18H,4-9,11H2,(H2,17,22)(H,19,23). The van der Waals surface area contributed by atoms with Crippen molar-refractivity contribution in [3.63, 3.8) is 0 Å². The van der Waals surface area contributed by atoms with Gasteiger partial charge in [-0.3, -0.25) is 9.69 Å². The number of nitrogens with two attached hydrogens (primary N) is 1. The molecule has 0 saturated carbocycles. The Balaban J connectivity index is 1.53. The van der Waals surface area contributed by atoms with E-state index in [2.05, 4.69) is 15.5 Å². The molecule has 7 heteroatoms. The molecule has 3 amide bonds. The van der Waals surface area contributed by atoms with Gasteiger partial charge >= 0.3 is 6.03 Å². The summed E-state index contributed by atoms with van der Waals surface area (Å²) in [7, 11) is 0. The third-order valence-corrected chi connectivity index (χ3v) is 4.55. The first-order valence-electron chi connectivity index (χ1n) is 8.04. The van der Waals surface area contributed by atoms with Gasteiger partial charge in [0, 0.05) is 50.0 Å². The highest BCUT2D eigenvalue weighted by atomic mass is 16.2. The van der Waals surface area contributed by atoms with Crippen LogP contribution in [0.2, 0.25) is 0 Å². The van der Waals surface area contributed by atoms with Crippen LogP contribution in [-0.4, -0.2) is 67.0 Å². The summed E-state index contributed by atoms with van der Waals surface area (Å²) in [5.41, 5.74) is 6.24. The van der Waals surface area contributed by atoms with E-state index in [1.807, 2.05) is 4.90 Å². The van der Waals surface area contributed by atoms with Crippen molar-refractivity contribution in [1.29, 1.82) is 0 Å². The van der Waals surface area contributed by atoms with E-state index in [-0.39, 0.29) is 6.03 Å². The van der Waals surface area contributed by atoms with Crippen LogP contribution in [0.3, 0.4) is 0 Å². The predicted octanol–water partition coefficient (Wildman–Crippen LogP) is 0.297. The number of nitrogens with one attached hydrogen (secondary N) is 2. The van der Waals surface area contributed by atoms with E-state index in [0.29, 0.717) is 17.3 Å². The molecule has 2 aliphatic rings. The number of amides is 3. The van der Waals surface area contributed by atoms with Gasteiger partial charge in [-0.2, -0.15) is 0 Å². The van der Waals surface area contributed by atoms with E-state index >= 15 is 0 Å². The smallest absolute Gasteiger partial charge is 0.321 e. The maximum Gasteiger partial charge on any atom is 0.321 e. The number of primary amides is 1. The lowest BCUT2D eigenvalue weighted by Crippen LogP contribution is -2.53. The summed E-state index contributed by atoms with van der Waals surface area (Å²) in [6, 6.07) is 7.17. The zero-order valence-corrected chi connectivity index (χ0v) is 13.1. The van der Waals surface area contributed by atoms with E-state index in [9.17, 15) is 9.59 Å². The molecule has 2 saturated heterocycles. The van der Waals surface area contributed by atoms with Crippen molar-refractivity contribution in [2.45, 2.75) is 12.5 Å². The van der Waals surface area contributed by atoms with Crippen LogP contribution < -0.4 is 16.4 Å². The first-order chi connectivity index (χ1) is 11.1. The van der Waals surface area contributed by atoms with Gasteiger partial charge in [0.15, 0.2) is 0 Å².